The van der Waals surface area contributed by atoms with Gasteiger partial charge >= 0.3 is 0 Å². The Kier molecular flexibility index (Phi) is 6.05. The third-order valence-electron chi connectivity index (χ3n) is 4.29. The first-order valence-electron chi connectivity index (χ1n) is 8.95. The molecular weight excluding hydrogens is 400 g/mol. The minimum absolute atomic E-state index is 0.00862. The molecule has 0 spiro atoms. The van der Waals surface area contributed by atoms with E-state index in [1.165, 1.54) is 0 Å². The molecule has 9 heteroatoms. The van der Waals surface area contributed by atoms with Gasteiger partial charge in [-0.2, -0.15) is 10.5 Å². The van der Waals surface area contributed by atoms with Crippen LogP contribution in [-0.2, 0) is 4.79 Å². The molecule has 3 aromatic rings. The van der Waals surface area contributed by atoms with Crippen LogP contribution in [-0.4, -0.2) is 21.3 Å². The Balaban J connectivity index is 1.99. The molecule has 1 atom stereocenters. The average molecular weight is 418 g/mol. The number of nitrogens with zero attached hydrogens (tertiary/aromatic N) is 4. The van der Waals surface area contributed by atoms with E-state index < -0.39 is 5.25 Å². The van der Waals surface area contributed by atoms with E-state index in [0.717, 1.165) is 17.3 Å². The van der Waals surface area contributed by atoms with Crippen molar-refractivity contribution in [2.24, 2.45) is 0 Å². The topological polar surface area (TPSA) is 142 Å². The summed E-state index contributed by atoms with van der Waals surface area (Å²) in [6, 6.07) is 13.2. The summed E-state index contributed by atoms with van der Waals surface area (Å²) in [7, 11) is 0. The molecule has 1 unspecified atom stereocenters. The number of thioether (sulfide) groups is 1. The number of aryl methyl sites for hydroxylation is 2. The Morgan fingerprint density at radius 3 is 2.43 bits per heavy atom. The van der Waals surface area contributed by atoms with E-state index >= 15 is 0 Å². The normalized spacial score (nSPS) is 11.4. The summed E-state index contributed by atoms with van der Waals surface area (Å²) in [4.78, 5) is 16.8. The molecule has 0 aliphatic heterocycles. The van der Waals surface area contributed by atoms with E-state index in [2.05, 4.69) is 21.5 Å². The Labute approximate surface area is 177 Å². The fraction of sp³-hybridized carbons (Fsp3) is 0.190. The molecular formula is C21H18N6O2S. The van der Waals surface area contributed by atoms with Crippen molar-refractivity contribution in [3.8, 4) is 23.3 Å². The Morgan fingerprint density at radius 1 is 1.20 bits per heavy atom. The predicted molar refractivity (Wildman–Crippen MR) is 113 cm³/mol. The maximum Gasteiger partial charge on any atom is 0.238 e. The van der Waals surface area contributed by atoms with E-state index in [-0.39, 0.29) is 27.9 Å². The smallest absolute Gasteiger partial charge is 0.238 e. The van der Waals surface area contributed by atoms with Gasteiger partial charge in [-0.15, -0.1) is 0 Å². The quantitative estimate of drug-likeness (QED) is 0.596. The van der Waals surface area contributed by atoms with Gasteiger partial charge in [0.15, 0.2) is 5.82 Å². The molecule has 0 aliphatic rings. The SMILES string of the molecule is Cc1ccc(-c2c(C#N)c(N)nc(SC(C)C(=O)Nc3cc(C)on3)c2C#N)cc1. The number of rotatable bonds is 5. The van der Waals surface area contributed by atoms with Crippen LogP contribution in [0.1, 0.15) is 29.4 Å². The van der Waals surface area contributed by atoms with Crippen molar-refractivity contribution in [3.63, 3.8) is 0 Å². The first kappa shape index (κ1) is 20.9. The maximum absolute atomic E-state index is 12.5. The van der Waals surface area contributed by atoms with Crippen LogP contribution >= 0.6 is 11.8 Å². The molecule has 0 fully saturated rings. The summed E-state index contributed by atoms with van der Waals surface area (Å²) in [5.74, 6) is 0.549. The molecule has 150 valence electrons. The maximum atomic E-state index is 12.5. The Bertz CT molecular complexity index is 1190. The van der Waals surface area contributed by atoms with E-state index in [4.69, 9.17) is 10.3 Å². The molecule has 3 N–H and O–H groups in total. The molecule has 2 heterocycles. The highest BCUT2D eigenvalue weighted by molar-refractivity contribution is 8.00. The first-order chi connectivity index (χ1) is 14.3. The molecule has 0 radical (unpaired) electrons. The predicted octanol–water partition coefficient (Wildman–Crippen LogP) is 3.80. The summed E-state index contributed by atoms with van der Waals surface area (Å²) >= 11 is 1.08. The number of pyridine rings is 1. The number of benzene rings is 1. The van der Waals surface area contributed by atoms with Crippen molar-refractivity contribution < 1.29 is 9.32 Å². The fourth-order valence-electron chi connectivity index (χ4n) is 2.77. The van der Waals surface area contributed by atoms with Gasteiger partial charge in [-0.3, -0.25) is 4.79 Å². The van der Waals surface area contributed by atoms with E-state index in [9.17, 15) is 15.3 Å². The van der Waals surface area contributed by atoms with Gasteiger partial charge in [0.05, 0.1) is 10.8 Å². The summed E-state index contributed by atoms with van der Waals surface area (Å²) in [6.07, 6.45) is 0. The standard InChI is InChI=1S/C21H18N6O2S/c1-11-4-6-14(7-5-11)18-15(9-22)19(24)26-21(16(18)10-23)30-13(3)20(28)25-17-8-12(2)29-27-17/h4-8,13H,1-3H3,(H2,24,26)(H,25,27,28). The monoisotopic (exact) mass is 418 g/mol. The molecule has 2 aromatic heterocycles. The van der Waals surface area contributed by atoms with Crippen LogP contribution in [0.4, 0.5) is 11.6 Å². The average Bonchev–Trinajstić information content (AvgIpc) is 3.12. The number of hydrogen-bond acceptors (Lipinski definition) is 8. The summed E-state index contributed by atoms with van der Waals surface area (Å²) in [5, 5.41) is 25.5. The number of nitrogens with one attached hydrogen (secondary N) is 1. The van der Waals surface area contributed by atoms with Gasteiger partial charge in [0.1, 0.15) is 34.3 Å². The minimum atomic E-state index is -0.611. The third kappa shape index (κ3) is 4.27. The summed E-state index contributed by atoms with van der Waals surface area (Å²) in [6.45, 7) is 5.34. The molecule has 8 nitrogen and oxygen atoms in total. The summed E-state index contributed by atoms with van der Waals surface area (Å²) < 4.78 is 4.94. The molecule has 1 amide bonds. The lowest BCUT2D eigenvalue weighted by Crippen LogP contribution is -2.23. The van der Waals surface area contributed by atoms with Gasteiger partial charge in [-0.05, 0) is 26.3 Å². The van der Waals surface area contributed by atoms with Gasteiger partial charge < -0.3 is 15.6 Å². The lowest BCUT2D eigenvalue weighted by molar-refractivity contribution is -0.115. The number of hydrogen-bond donors (Lipinski definition) is 2. The number of nitrogens with two attached hydrogens (primary N) is 1. The molecule has 0 aliphatic carbocycles. The van der Waals surface area contributed by atoms with Crippen LogP contribution in [0.3, 0.4) is 0 Å². The van der Waals surface area contributed by atoms with E-state index in [1.807, 2.05) is 37.3 Å². The number of nitrogen functional groups attached to an aromatic ring is 1. The minimum Gasteiger partial charge on any atom is -0.383 e. The van der Waals surface area contributed by atoms with Crippen LogP contribution in [0.15, 0.2) is 39.9 Å². The molecule has 0 bridgehead atoms. The van der Waals surface area contributed by atoms with Gasteiger partial charge in [0.25, 0.3) is 0 Å². The van der Waals surface area contributed by atoms with Crippen LogP contribution in [0.5, 0.6) is 0 Å². The zero-order chi connectivity index (χ0) is 21.8. The van der Waals surface area contributed by atoms with Crippen molar-refractivity contribution in [1.82, 2.24) is 10.1 Å². The number of carbonyl (C=O) groups excluding carboxylic acids is 1. The van der Waals surface area contributed by atoms with Crippen LogP contribution < -0.4 is 11.1 Å². The third-order valence-corrected chi connectivity index (χ3v) is 5.38. The van der Waals surface area contributed by atoms with Gasteiger partial charge in [-0.25, -0.2) is 4.98 Å². The molecule has 0 saturated carbocycles. The molecule has 1 aromatic carbocycles. The van der Waals surface area contributed by atoms with Gasteiger partial charge in [0.2, 0.25) is 5.91 Å². The van der Waals surface area contributed by atoms with Crippen LogP contribution in [0, 0.1) is 36.5 Å². The molecule has 0 saturated heterocycles. The van der Waals surface area contributed by atoms with Crippen molar-refractivity contribution in [1.29, 1.82) is 10.5 Å². The second kappa shape index (κ2) is 8.68. The van der Waals surface area contributed by atoms with Crippen LogP contribution in [0.25, 0.3) is 11.1 Å². The number of aromatic nitrogens is 2. The van der Waals surface area contributed by atoms with Gasteiger partial charge in [0, 0.05) is 11.6 Å². The van der Waals surface area contributed by atoms with Gasteiger partial charge in [-0.1, -0.05) is 46.7 Å². The Hall–Kier alpha value is -3.82. The zero-order valence-corrected chi connectivity index (χ0v) is 17.4. The molecule has 3 rings (SSSR count). The second-order valence-corrected chi connectivity index (χ2v) is 7.92. The summed E-state index contributed by atoms with van der Waals surface area (Å²) in [5.41, 5.74) is 8.49. The number of carbonyl (C=O) groups is 1. The zero-order valence-electron chi connectivity index (χ0n) is 16.6. The van der Waals surface area contributed by atoms with Crippen molar-refractivity contribution in [3.05, 3.63) is 52.8 Å². The highest BCUT2D eigenvalue weighted by atomic mass is 32.2. The second-order valence-electron chi connectivity index (χ2n) is 6.59. The highest BCUT2D eigenvalue weighted by Crippen LogP contribution is 2.37. The van der Waals surface area contributed by atoms with Crippen LogP contribution in [0.2, 0.25) is 0 Å². The van der Waals surface area contributed by atoms with E-state index in [1.54, 1.807) is 19.9 Å². The highest BCUT2D eigenvalue weighted by Gasteiger charge is 2.24. The fourth-order valence-corrected chi connectivity index (χ4v) is 3.68. The number of amides is 1. The number of nitriles is 2. The lowest BCUT2D eigenvalue weighted by atomic mass is 9.96. The molecule has 30 heavy (non-hydrogen) atoms. The van der Waals surface area contributed by atoms with Crippen molar-refractivity contribution in [2.45, 2.75) is 31.0 Å². The largest absolute Gasteiger partial charge is 0.383 e. The number of anilines is 2. The van der Waals surface area contributed by atoms with Crippen molar-refractivity contribution in [2.75, 3.05) is 11.1 Å². The lowest BCUT2D eigenvalue weighted by Gasteiger charge is -2.15. The van der Waals surface area contributed by atoms with Crippen molar-refractivity contribution >= 4 is 29.3 Å². The first-order valence-corrected chi connectivity index (χ1v) is 9.83. The Morgan fingerprint density at radius 2 is 1.87 bits per heavy atom. The van der Waals surface area contributed by atoms with E-state index in [0.29, 0.717) is 22.7 Å².